The molecule has 0 unspecified atom stereocenters. The van der Waals surface area contributed by atoms with Crippen molar-refractivity contribution < 1.29 is 9.53 Å². The maximum Gasteiger partial charge on any atom is 0.167 e. The third kappa shape index (κ3) is 4.48. The minimum absolute atomic E-state index is 0.0319. The molecule has 0 spiro atoms. The van der Waals surface area contributed by atoms with Gasteiger partial charge in [0.25, 0.3) is 0 Å². The van der Waals surface area contributed by atoms with Crippen molar-refractivity contribution in [1.29, 1.82) is 0 Å². The van der Waals surface area contributed by atoms with E-state index in [1.807, 2.05) is 32.0 Å². The first-order valence-corrected chi connectivity index (χ1v) is 7.45. The average Bonchev–Trinajstić information content (AvgIpc) is 2.43. The van der Waals surface area contributed by atoms with Crippen LogP contribution in [0.2, 0.25) is 10.0 Å². The molecule has 0 aromatic heterocycles. The lowest BCUT2D eigenvalue weighted by Crippen LogP contribution is -2.06. The summed E-state index contributed by atoms with van der Waals surface area (Å²) in [6.45, 7) is 3.92. The van der Waals surface area contributed by atoms with Crippen molar-refractivity contribution >= 4 is 29.0 Å². The minimum Gasteiger partial charge on any atom is -0.491 e. The van der Waals surface area contributed by atoms with Gasteiger partial charge in [-0.2, -0.15) is 0 Å². The van der Waals surface area contributed by atoms with Crippen LogP contribution in [0.5, 0.6) is 5.75 Å². The van der Waals surface area contributed by atoms with E-state index in [0.29, 0.717) is 22.0 Å². The average molecular weight is 323 g/mol. The first-order valence-electron chi connectivity index (χ1n) is 6.69. The smallest absolute Gasteiger partial charge is 0.167 e. The topological polar surface area (TPSA) is 26.3 Å². The number of carbonyl (C=O) groups excluding carboxylic acids is 1. The first-order chi connectivity index (χ1) is 9.95. The van der Waals surface area contributed by atoms with E-state index in [0.717, 1.165) is 11.3 Å². The van der Waals surface area contributed by atoms with E-state index in [1.54, 1.807) is 24.3 Å². The fourth-order valence-electron chi connectivity index (χ4n) is 1.93. The molecule has 2 rings (SSSR count). The molecule has 0 N–H and O–H groups in total. The number of carbonyl (C=O) groups is 1. The molecule has 0 atom stereocenters. The van der Waals surface area contributed by atoms with Gasteiger partial charge in [-0.3, -0.25) is 4.79 Å². The third-order valence-electron chi connectivity index (χ3n) is 2.90. The van der Waals surface area contributed by atoms with Crippen molar-refractivity contribution in [2.24, 2.45) is 0 Å². The maximum atomic E-state index is 12.2. The lowest BCUT2D eigenvalue weighted by Gasteiger charge is -2.10. The molecule has 0 bridgehead atoms. The van der Waals surface area contributed by atoms with Gasteiger partial charge in [0.15, 0.2) is 5.78 Å². The lowest BCUT2D eigenvalue weighted by atomic mass is 10.0. The number of ether oxygens (including phenoxy) is 1. The quantitative estimate of drug-likeness (QED) is 0.706. The van der Waals surface area contributed by atoms with Crippen LogP contribution in [0.4, 0.5) is 0 Å². The second kappa shape index (κ2) is 6.97. The second-order valence-corrected chi connectivity index (χ2v) is 5.85. The largest absolute Gasteiger partial charge is 0.491 e. The molecule has 0 aliphatic carbocycles. The Kier molecular flexibility index (Phi) is 5.27. The van der Waals surface area contributed by atoms with Crippen LogP contribution in [0.1, 0.15) is 29.8 Å². The van der Waals surface area contributed by atoms with Gasteiger partial charge in [-0.25, -0.2) is 0 Å². The molecular formula is C17H16Cl2O2. The zero-order valence-electron chi connectivity index (χ0n) is 11.9. The van der Waals surface area contributed by atoms with Crippen LogP contribution in [-0.4, -0.2) is 11.9 Å². The predicted octanol–water partition coefficient (Wildman–Crippen LogP) is 5.21. The summed E-state index contributed by atoms with van der Waals surface area (Å²) in [5, 5.41) is 0.950. The van der Waals surface area contributed by atoms with E-state index in [1.165, 1.54) is 0 Å². The number of rotatable bonds is 5. The Morgan fingerprint density at radius 3 is 2.29 bits per heavy atom. The molecule has 0 amide bonds. The summed E-state index contributed by atoms with van der Waals surface area (Å²) >= 11 is 11.8. The van der Waals surface area contributed by atoms with Gasteiger partial charge in [0.1, 0.15) is 5.75 Å². The summed E-state index contributed by atoms with van der Waals surface area (Å²) in [5.74, 6) is 0.792. The summed E-state index contributed by atoms with van der Waals surface area (Å²) in [6.07, 6.45) is 0.407. The predicted molar refractivity (Wildman–Crippen MR) is 86.7 cm³/mol. The Labute approximate surface area is 134 Å². The highest BCUT2D eigenvalue weighted by atomic mass is 35.5. The molecule has 0 heterocycles. The standard InChI is InChI=1S/C17H16Cl2O2/c1-11(2)21-14-6-4-13(5-7-14)17(20)10-12-3-8-15(18)16(19)9-12/h3-9,11H,10H2,1-2H3. The molecule has 4 heteroatoms. The molecule has 0 saturated heterocycles. The Hall–Kier alpha value is -1.51. The van der Waals surface area contributed by atoms with Crippen LogP contribution in [-0.2, 0) is 6.42 Å². The lowest BCUT2D eigenvalue weighted by molar-refractivity contribution is 0.0993. The fourth-order valence-corrected chi connectivity index (χ4v) is 2.25. The Morgan fingerprint density at radius 2 is 1.71 bits per heavy atom. The number of hydrogen-bond donors (Lipinski definition) is 0. The highest BCUT2D eigenvalue weighted by molar-refractivity contribution is 6.42. The highest BCUT2D eigenvalue weighted by Gasteiger charge is 2.09. The Bertz CT molecular complexity index is 634. The summed E-state index contributed by atoms with van der Waals surface area (Å²) < 4.78 is 5.55. The van der Waals surface area contributed by atoms with Crippen LogP contribution in [0.25, 0.3) is 0 Å². The van der Waals surface area contributed by atoms with Gasteiger partial charge in [-0.1, -0.05) is 29.3 Å². The van der Waals surface area contributed by atoms with Crippen molar-refractivity contribution in [2.75, 3.05) is 0 Å². The number of hydrogen-bond acceptors (Lipinski definition) is 2. The van der Waals surface area contributed by atoms with Gasteiger partial charge >= 0.3 is 0 Å². The van der Waals surface area contributed by atoms with E-state index >= 15 is 0 Å². The van der Waals surface area contributed by atoms with E-state index in [2.05, 4.69) is 0 Å². The number of benzene rings is 2. The van der Waals surface area contributed by atoms with E-state index in [-0.39, 0.29) is 11.9 Å². The maximum absolute atomic E-state index is 12.2. The molecule has 110 valence electrons. The van der Waals surface area contributed by atoms with E-state index < -0.39 is 0 Å². The van der Waals surface area contributed by atoms with E-state index in [4.69, 9.17) is 27.9 Å². The number of Topliss-reactive ketones (excluding diaryl/α,β-unsaturated/α-hetero) is 1. The molecule has 2 nitrogen and oxygen atoms in total. The van der Waals surface area contributed by atoms with Crippen molar-refractivity contribution in [3.63, 3.8) is 0 Å². The molecular weight excluding hydrogens is 307 g/mol. The number of ketones is 1. The molecule has 0 radical (unpaired) electrons. The molecule has 0 saturated carbocycles. The number of halogens is 2. The van der Waals surface area contributed by atoms with Crippen molar-refractivity contribution in [1.82, 2.24) is 0 Å². The fraction of sp³-hybridized carbons (Fsp3) is 0.235. The molecule has 0 aliphatic rings. The molecule has 0 aliphatic heterocycles. The van der Waals surface area contributed by atoms with Gasteiger partial charge in [0.05, 0.1) is 16.1 Å². The van der Waals surface area contributed by atoms with Crippen LogP contribution in [0.15, 0.2) is 42.5 Å². The molecule has 2 aromatic carbocycles. The summed E-state index contributed by atoms with van der Waals surface area (Å²) in [5.41, 5.74) is 1.49. The highest BCUT2D eigenvalue weighted by Crippen LogP contribution is 2.23. The van der Waals surface area contributed by atoms with Gasteiger partial charge in [0, 0.05) is 12.0 Å². The van der Waals surface area contributed by atoms with Gasteiger partial charge in [0.2, 0.25) is 0 Å². The van der Waals surface area contributed by atoms with Crippen LogP contribution >= 0.6 is 23.2 Å². The first kappa shape index (κ1) is 15.9. The van der Waals surface area contributed by atoms with Crippen LogP contribution in [0.3, 0.4) is 0 Å². The minimum atomic E-state index is 0.0319. The SMILES string of the molecule is CC(C)Oc1ccc(C(=O)Cc2ccc(Cl)c(Cl)c2)cc1. The zero-order chi connectivity index (χ0) is 15.4. The second-order valence-electron chi connectivity index (χ2n) is 5.04. The summed E-state index contributed by atoms with van der Waals surface area (Å²) in [7, 11) is 0. The Morgan fingerprint density at radius 1 is 1.05 bits per heavy atom. The van der Waals surface area contributed by atoms with Crippen LogP contribution in [0, 0.1) is 0 Å². The molecule has 2 aromatic rings. The molecule has 0 fully saturated rings. The van der Waals surface area contributed by atoms with Gasteiger partial charge in [-0.05, 0) is 55.8 Å². The van der Waals surface area contributed by atoms with E-state index in [9.17, 15) is 4.79 Å². The monoisotopic (exact) mass is 322 g/mol. The van der Waals surface area contributed by atoms with Crippen molar-refractivity contribution in [3.8, 4) is 5.75 Å². The van der Waals surface area contributed by atoms with Crippen LogP contribution < -0.4 is 4.74 Å². The van der Waals surface area contributed by atoms with Gasteiger partial charge in [-0.15, -0.1) is 0 Å². The Balaban J connectivity index is 2.07. The van der Waals surface area contributed by atoms with Crippen molar-refractivity contribution in [2.45, 2.75) is 26.4 Å². The van der Waals surface area contributed by atoms with Gasteiger partial charge < -0.3 is 4.74 Å². The molecule has 21 heavy (non-hydrogen) atoms. The zero-order valence-corrected chi connectivity index (χ0v) is 13.4. The summed E-state index contributed by atoms with van der Waals surface area (Å²) in [6, 6.07) is 12.4. The normalized spacial score (nSPS) is 10.7. The third-order valence-corrected chi connectivity index (χ3v) is 3.64. The van der Waals surface area contributed by atoms with Crippen molar-refractivity contribution in [3.05, 3.63) is 63.6 Å². The summed E-state index contributed by atoms with van der Waals surface area (Å²) in [4.78, 5) is 12.2.